The molecule has 2 aromatic rings. The molecule has 19 heavy (non-hydrogen) atoms. The zero-order chi connectivity index (χ0) is 12.8. The lowest BCUT2D eigenvalue weighted by molar-refractivity contribution is 0.405. The number of rotatable bonds is 2. The van der Waals surface area contributed by atoms with E-state index in [0.29, 0.717) is 11.7 Å². The smallest absolute Gasteiger partial charge is 0.274 e. The molecule has 0 spiro atoms. The fraction of sp³-hybridized carbons (Fsp3) is 0.615. The standard InChI is InChI=1S/C13H17N5O/c19-11-7-10(9-3-1-2-6-14-9)15-13-16-12(8-4-5-8)17-18(11)13/h7-9,14H,1-6H2,(H,15,16,17). The maximum atomic E-state index is 12.1. The maximum Gasteiger partial charge on any atom is 0.274 e. The summed E-state index contributed by atoms with van der Waals surface area (Å²) in [4.78, 5) is 21.1. The number of nitrogens with zero attached hydrogens (tertiary/aromatic N) is 3. The van der Waals surface area contributed by atoms with Gasteiger partial charge in [-0.15, -0.1) is 0 Å². The van der Waals surface area contributed by atoms with Crippen LogP contribution >= 0.6 is 0 Å². The quantitative estimate of drug-likeness (QED) is 0.847. The van der Waals surface area contributed by atoms with Gasteiger partial charge in [0.15, 0.2) is 0 Å². The van der Waals surface area contributed by atoms with Crippen LogP contribution in [0.4, 0.5) is 0 Å². The number of fused-ring (bicyclic) bond motifs is 1. The molecule has 4 rings (SSSR count). The molecule has 0 radical (unpaired) electrons. The topological polar surface area (TPSA) is 75.1 Å². The van der Waals surface area contributed by atoms with Crippen LogP contribution in [0.25, 0.3) is 5.78 Å². The van der Waals surface area contributed by atoms with Crippen molar-refractivity contribution in [3.8, 4) is 0 Å². The highest BCUT2D eigenvalue weighted by Gasteiger charge is 2.28. The molecule has 2 aliphatic rings. The van der Waals surface area contributed by atoms with Gasteiger partial charge in [0.05, 0.1) is 5.69 Å². The average Bonchev–Trinajstić information content (AvgIpc) is 3.20. The Bertz CT molecular complexity index is 663. The van der Waals surface area contributed by atoms with Crippen LogP contribution in [0.1, 0.15) is 55.6 Å². The Kier molecular flexibility index (Phi) is 2.44. The number of H-pyrrole nitrogens is 1. The van der Waals surface area contributed by atoms with E-state index in [-0.39, 0.29) is 11.6 Å². The van der Waals surface area contributed by atoms with E-state index in [9.17, 15) is 4.79 Å². The number of piperidine rings is 1. The third-order valence-electron chi connectivity index (χ3n) is 4.00. The Morgan fingerprint density at radius 1 is 1.21 bits per heavy atom. The Labute approximate surface area is 110 Å². The van der Waals surface area contributed by atoms with Crippen molar-refractivity contribution >= 4 is 5.78 Å². The second-order valence-corrected chi connectivity index (χ2v) is 5.54. The van der Waals surface area contributed by atoms with Crippen LogP contribution in [0.3, 0.4) is 0 Å². The number of hydrogen-bond acceptors (Lipinski definition) is 4. The van der Waals surface area contributed by atoms with Gasteiger partial charge in [-0.1, -0.05) is 6.42 Å². The van der Waals surface area contributed by atoms with Crippen LogP contribution < -0.4 is 10.9 Å². The lowest BCUT2D eigenvalue weighted by Crippen LogP contribution is -2.29. The molecule has 6 heteroatoms. The van der Waals surface area contributed by atoms with E-state index in [2.05, 4.69) is 20.4 Å². The molecular formula is C13H17N5O. The van der Waals surface area contributed by atoms with Crippen molar-refractivity contribution in [2.75, 3.05) is 6.54 Å². The van der Waals surface area contributed by atoms with Crippen LogP contribution in [-0.2, 0) is 0 Å². The second-order valence-electron chi connectivity index (χ2n) is 5.54. The third kappa shape index (κ3) is 1.96. The largest absolute Gasteiger partial charge is 0.309 e. The van der Waals surface area contributed by atoms with Crippen molar-refractivity contribution in [1.82, 2.24) is 24.9 Å². The van der Waals surface area contributed by atoms with E-state index in [1.165, 1.54) is 17.4 Å². The van der Waals surface area contributed by atoms with Gasteiger partial charge < -0.3 is 5.32 Å². The SMILES string of the molecule is O=c1cc(C2CCCCN2)nc2nc(C3CC3)[nH]n12. The van der Waals surface area contributed by atoms with Gasteiger partial charge in [-0.25, -0.2) is 4.98 Å². The van der Waals surface area contributed by atoms with Gasteiger partial charge in [-0.05, 0) is 32.2 Å². The summed E-state index contributed by atoms with van der Waals surface area (Å²) in [6, 6.07) is 1.83. The molecule has 1 saturated carbocycles. The van der Waals surface area contributed by atoms with E-state index < -0.39 is 0 Å². The predicted octanol–water partition coefficient (Wildman–Crippen LogP) is 1.11. The molecule has 1 saturated heterocycles. The number of hydrogen-bond donors (Lipinski definition) is 2. The van der Waals surface area contributed by atoms with Gasteiger partial charge in [0.2, 0.25) is 0 Å². The van der Waals surface area contributed by atoms with Crippen molar-refractivity contribution in [2.24, 2.45) is 0 Å². The minimum absolute atomic E-state index is 0.0632. The zero-order valence-electron chi connectivity index (χ0n) is 10.7. The van der Waals surface area contributed by atoms with Crippen LogP contribution in [0.15, 0.2) is 10.9 Å². The number of aromatic amines is 1. The first-order valence-corrected chi connectivity index (χ1v) is 7.04. The van der Waals surface area contributed by atoms with E-state index >= 15 is 0 Å². The highest BCUT2D eigenvalue weighted by atomic mass is 16.1. The van der Waals surface area contributed by atoms with Crippen LogP contribution in [0, 0.1) is 0 Å². The Morgan fingerprint density at radius 3 is 2.84 bits per heavy atom. The molecule has 2 aromatic heterocycles. The van der Waals surface area contributed by atoms with E-state index in [1.807, 2.05) is 0 Å². The first-order chi connectivity index (χ1) is 9.31. The molecular weight excluding hydrogens is 242 g/mol. The second kappa shape index (κ2) is 4.16. The lowest BCUT2D eigenvalue weighted by Gasteiger charge is -2.22. The van der Waals surface area contributed by atoms with Gasteiger partial charge in [0, 0.05) is 18.0 Å². The minimum atomic E-state index is -0.0632. The fourth-order valence-electron chi connectivity index (χ4n) is 2.74. The molecule has 6 nitrogen and oxygen atoms in total. The minimum Gasteiger partial charge on any atom is -0.309 e. The highest BCUT2D eigenvalue weighted by molar-refractivity contribution is 5.30. The van der Waals surface area contributed by atoms with Crippen molar-refractivity contribution < 1.29 is 0 Å². The Balaban J connectivity index is 1.77. The maximum absolute atomic E-state index is 12.1. The summed E-state index contributed by atoms with van der Waals surface area (Å²) in [5.74, 6) is 1.91. The van der Waals surface area contributed by atoms with Gasteiger partial charge in [0.25, 0.3) is 11.3 Å². The Hall–Kier alpha value is -1.69. The van der Waals surface area contributed by atoms with Crippen molar-refractivity contribution in [1.29, 1.82) is 0 Å². The first-order valence-electron chi connectivity index (χ1n) is 7.04. The molecule has 2 N–H and O–H groups in total. The number of nitrogens with one attached hydrogen (secondary N) is 2. The molecule has 0 amide bonds. The normalized spacial score (nSPS) is 23.9. The lowest BCUT2D eigenvalue weighted by atomic mass is 10.0. The summed E-state index contributed by atoms with van der Waals surface area (Å²) >= 11 is 0. The van der Waals surface area contributed by atoms with Crippen LogP contribution in [0.2, 0.25) is 0 Å². The molecule has 0 bridgehead atoms. The summed E-state index contributed by atoms with van der Waals surface area (Å²) in [5.41, 5.74) is 0.769. The van der Waals surface area contributed by atoms with E-state index in [1.54, 1.807) is 6.07 Å². The predicted molar refractivity (Wildman–Crippen MR) is 70.2 cm³/mol. The van der Waals surface area contributed by atoms with Gasteiger partial charge in [0.1, 0.15) is 5.82 Å². The molecule has 1 aliphatic heterocycles. The highest BCUT2D eigenvalue weighted by Crippen LogP contribution is 2.37. The van der Waals surface area contributed by atoms with E-state index in [4.69, 9.17) is 0 Å². The Morgan fingerprint density at radius 2 is 2.11 bits per heavy atom. The van der Waals surface area contributed by atoms with Crippen molar-refractivity contribution in [3.63, 3.8) is 0 Å². The molecule has 100 valence electrons. The van der Waals surface area contributed by atoms with Crippen molar-refractivity contribution in [3.05, 3.63) is 27.9 Å². The molecule has 2 fully saturated rings. The van der Waals surface area contributed by atoms with Crippen LogP contribution in [-0.4, -0.2) is 26.1 Å². The summed E-state index contributed by atoms with van der Waals surface area (Å²) in [6.07, 6.45) is 5.75. The van der Waals surface area contributed by atoms with Crippen LogP contribution in [0.5, 0.6) is 0 Å². The molecule has 0 aromatic carbocycles. The number of aromatic nitrogens is 4. The average molecular weight is 259 g/mol. The van der Waals surface area contributed by atoms with E-state index in [0.717, 1.165) is 37.3 Å². The summed E-state index contributed by atoms with van der Waals surface area (Å²) in [6.45, 7) is 1.000. The van der Waals surface area contributed by atoms with Gasteiger partial charge >= 0.3 is 0 Å². The molecule has 1 atom stereocenters. The summed E-state index contributed by atoms with van der Waals surface area (Å²) < 4.78 is 1.46. The van der Waals surface area contributed by atoms with Crippen molar-refractivity contribution in [2.45, 2.75) is 44.1 Å². The molecule has 1 aliphatic carbocycles. The van der Waals surface area contributed by atoms with Gasteiger partial charge in [-0.2, -0.15) is 9.50 Å². The molecule has 1 unspecified atom stereocenters. The van der Waals surface area contributed by atoms with Gasteiger partial charge in [-0.3, -0.25) is 9.89 Å². The molecule has 3 heterocycles. The summed E-state index contributed by atoms with van der Waals surface area (Å²) in [5, 5.41) is 6.49. The summed E-state index contributed by atoms with van der Waals surface area (Å²) in [7, 11) is 0. The zero-order valence-corrected chi connectivity index (χ0v) is 10.7. The fourth-order valence-corrected chi connectivity index (χ4v) is 2.74. The third-order valence-corrected chi connectivity index (χ3v) is 4.00. The monoisotopic (exact) mass is 259 g/mol. The first kappa shape index (κ1) is 11.2.